The van der Waals surface area contributed by atoms with E-state index in [2.05, 4.69) is 36.0 Å². The molecule has 3 nitrogen and oxygen atoms in total. The molecule has 0 aromatic rings. The van der Waals surface area contributed by atoms with E-state index in [9.17, 15) is 0 Å². The van der Waals surface area contributed by atoms with Gasteiger partial charge in [-0.1, -0.05) is 6.92 Å². The van der Waals surface area contributed by atoms with Crippen LogP contribution in [0.25, 0.3) is 0 Å². The Hall–Kier alpha value is -0.120. The van der Waals surface area contributed by atoms with Crippen LogP contribution in [0.15, 0.2) is 0 Å². The first kappa shape index (κ1) is 13.3. The van der Waals surface area contributed by atoms with Gasteiger partial charge in [-0.05, 0) is 65.3 Å². The molecule has 2 aliphatic heterocycles. The van der Waals surface area contributed by atoms with Crippen LogP contribution in [0.4, 0.5) is 0 Å². The van der Waals surface area contributed by atoms with E-state index in [0.29, 0.717) is 6.04 Å². The molecule has 2 saturated heterocycles. The van der Waals surface area contributed by atoms with Crippen LogP contribution < -0.4 is 5.32 Å². The standard InChI is InChI=1S/C14H29N3/c1-12-10-15-13(2)4-9-17(11-12)14-5-7-16(3)8-6-14/h12-15H,4-11H2,1-3H3. The summed E-state index contributed by atoms with van der Waals surface area (Å²) in [5.74, 6) is 0.789. The van der Waals surface area contributed by atoms with Gasteiger partial charge in [0.1, 0.15) is 0 Å². The third-order valence-corrected chi connectivity index (χ3v) is 4.41. The maximum absolute atomic E-state index is 3.63. The zero-order valence-electron chi connectivity index (χ0n) is 11.8. The monoisotopic (exact) mass is 239 g/mol. The third kappa shape index (κ3) is 3.94. The van der Waals surface area contributed by atoms with Crippen LogP contribution in [0.1, 0.15) is 33.1 Å². The Kier molecular flexibility index (Phi) is 4.83. The predicted octanol–water partition coefficient (Wildman–Crippen LogP) is 1.40. The summed E-state index contributed by atoms with van der Waals surface area (Å²) in [5.41, 5.74) is 0. The normalized spacial score (nSPS) is 35.5. The van der Waals surface area contributed by atoms with Crippen molar-refractivity contribution in [1.82, 2.24) is 15.1 Å². The minimum atomic E-state index is 0.687. The zero-order valence-corrected chi connectivity index (χ0v) is 11.8. The maximum atomic E-state index is 3.63. The molecule has 2 unspecified atom stereocenters. The Labute approximate surface area is 107 Å². The van der Waals surface area contributed by atoms with Crippen molar-refractivity contribution in [2.45, 2.75) is 45.2 Å². The Morgan fingerprint density at radius 2 is 1.71 bits per heavy atom. The van der Waals surface area contributed by atoms with Crippen molar-refractivity contribution >= 4 is 0 Å². The van der Waals surface area contributed by atoms with Crippen LogP contribution in [0.5, 0.6) is 0 Å². The summed E-state index contributed by atoms with van der Waals surface area (Å²) in [4.78, 5) is 5.24. The largest absolute Gasteiger partial charge is 0.314 e. The summed E-state index contributed by atoms with van der Waals surface area (Å²) in [6.07, 6.45) is 4.04. The number of hydrogen-bond donors (Lipinski definition) is 1. The van der Waals surface area contributed by atoms with Gasteiger partial charge in [-0.15, -0.1) is 0 Å². The fourth-order valence-electron chi connectivity index (χ4n) is 3.11. The second kappa shape index (κ2) is 6.17. The molecule has 2 fully saturated rings. The van der Waals surface area contributed by atoms with Gasteiger partial charge < -0.3 is 10.2 Å². The SMILES string of the molecule is CC1CNC(C)CCN(C2CCN(C)CC2)C1. The van der Waals surface area contributed by atoms with E-state index in [4.69, 9.17) is 0 Å². The first-order chi connectivity index (χ1) is 8.15. The summed E-state index contributed by atoms with van der Waals surface area (Å²) in [6.45, 7) is 11.0. The minimum absolute atomic E-state index is 0.687. The first-order valence-corrected chi connectivity index (χ1v) is 7.31. The van der Waals surface area contributed by atoms with Crippen molar-refractivity contribution in [2.24, 2.45) is 5.92 Å². The van der Waals surface area contributed by atoms with Crippen molar-refractivity contribution in [1.29, 1.82) is 0 Å². The highest BCUT2D eigenvalue weighted by molar-refractivity contribution is 4.82. The van der Waals surface area contributed by atoms with Crippen molar-refractivity contribution in [3.63, 3.8) is 0 Å². The van der Waals surface area contributed by atoms with E-state index in [1.54, 1.807) is 0 Å². The highest BCUT2D eigenvalue weighted by atomic mass is 15.2. The molecule has 17 heavy (non-hydrogen) atoms. The quantitative estimate of drug-likeness (QED) is 0.746. The van der Waals surface area contributed by atoms with Crippen LogP contribution in [-0.4, -0.2) is 61.7 Å². The van der Waals surface area contributed by atoms with Gasteiger partial charge >= 0.3 is 0 Å². The molecule has 2 aliphatic rings. The van der Waals surface area contributed by atoms with Gasteiger partial charge in [-0.3, -0.25) is 4.90 Å². The second-order valence-electron chi connectivity index (χ2n) is 6.23. The lowest BCUT2D eigenvalue weighted by Gasteiger charge is -2.40. The average Bonchev–Trinajstić information content (AvgIpc) is 2.31. The number of rotatable bonds is 1. The van der Waals surface area contributed by atoms with Gasteiger partial charge in [0.15, 0.2) is 0 Å². The molecular formula is C14H29N3. The lowest BCUT2D eigenvalue weighted by molar-refractivity contribution is 0.0951. The molecule has 0 amide bonds. The number of piperidine rings is 1. The van der Waals surface area contributed by atoms with Gasteiger partial charge in [-0.2, -0.15) is 0 Å². The zero-order chi connectivity index (χ0) is 12.3. The van der Waals surface area contributed by atoms with Crippen LogP contribution >= 0.6 is 0 Å². The Balaban J connectivity index is 1.88. The lowest BCUT2D eigenvalue weighted by atomic mass is 9.99. The molecule has 1 N–H and O–H groups in total. The van der Waals surface area contributed by atoms with Crippen LogP contribution in [0.2, 0.25) is 0 Å². The van der Waals surface area contributed by atoms with Gasteiger partial charge in [0, 0.05) is 18.6 Å². The van der Waals surface area contributed by atoms with Gasteiger partial charge in [0.2, 0.25) is 0 Å². The van der Waals surface area contributed by atoms with E-state index in [0.717, 1.165) is 12.0 Å². The molecule has 0 aromatic carbocycles. The van der Waals surface area contributed by atoms with E-state index in [1.165, 1.54) is 52.0 Å². The van der Waals surface area contributed by atoms with Crippen molar-refractivity contribution in [3.8, 4) is 0 Å². The second-order valence-corrected chi connectivity index (χ2v) is 6.23. The van der Waals surface area contributed by atoms with E-state index in [1.807, 2.05) is 0 Å². The summed E-state index contributed by atoms with van der Waals surface area (Å²) >= 11 is 0. The minimum Gasteiger partial charge on any atom is -0.314 e. The summed E-state index contributed by atoms with van der Waals surface area (Å²) in [6, 6.07) is 1.53. The molecule has 2 rings (SSSR count). The predicted molar refractivity (Wildman–Crippen MR) is 73.3 cm³/mol. The highest BCUT2D eigenvalue weighted by Gasteiger charge is 2.25. The Morgan fingerprint density at radius 1 is 1.00 bits per heavy atom. The van der Waals surface area contributed by atoms with Crippen LogP contribution in [-0.2, 0) is 0 Å². The molecule has 0 saturated carbocycles. The number of nitrogens with zero attached hydrogens (tertiary/aromatic N) is 2. The highest BCUT2D eigenvalue weighted by Crippen LogP contribution is 2.18. The van der Waals surface area contributed by atoms with Gasteiger partial charge in [-0.25, -0.2) is 0 Å². The molecule has 0 bridgehead atoms. The van der Waals surface area contributed by atoms with E-state index < -0.39 is 0 Å². The molecule has 0 spiro atoms. The van der Waals surface area contributed by atoms with E-state index >= 15 is 0 Å². The van der Waals surface area contributed by atoms with Crippen LogP contribution in [0, 0.1) is 5.92 Å². The first-order valence-electron chi connectivity index (χ1n) is 7.31. The molecule has 2 heterocycles. The lowest BCUT2D eigenvalue weighted by Crippen LogP contribution is -2.49. The maximum Gasteiger partial charge on any atom is 0.0120 e. The molecule has 0 aliphatic carbocycles. The molecule has 0 radical (unpaired) electrons. The van der Waals surface area contributed by atoms with Gasteiger partial charge in [0.25, 0.3) is 0 Å². The van der Waals surface area contributed by atoms with Crippen molar-refractivity contribution < 1.29 is 0 Å². The fraction of sp³-hybridized carbons (Fsp3) is 1.00. The van der Waals surface area contributed by atoms with Crippen LogP contribution in [0.3, 0.4) is 0 Å². The summed E-state index contributed by atoms with van der Waals surface area (Å²) in [7, 11) is 2.25. The fourth-order valence-corrected chi connectivity index (χ4v) is 3.11. The summed E-state index contributed by atoms with van der Waals surface area (Å²) < 4.78 is 0. The molecule has 3 heteroatoms. The van der Waals surface area contributed by atoms with Gasteiger partial charge in [0.05, 0.1) is 0 Å². The summed E-state index contributed by atoms with van der Waals surface area (Å²) in [5, 5.41) is 3.63. The number of likely N-dealkylation sites (tertiary alicyclic amines) is 1. The number of nitrogens with one attached hydrogen (secondary N) is 1. The average molecular weight is 239 g/mol. The Bertz CT molecular complexity index is 224. The smallest absolute Gasteiger partial charge is 0.0120 e. The molecule has 2 atom stereocenters. The van der Waals surface area contributed by atoms with E-state index in [-0.39, 0.29) is 0 Å². The van der Waals surface area contributed by atoms with Crippen molar-refractivity contribution in [2.75, 3.05) is 39.8 Å². The Morgan fingerprint density at radius 3 is 2.41 bits per heavy atom. The third-order valence-electron chi connectivity index (χ3n) is 4.41. The van der Waals surface area contributed by atoms with Crippen molar-refractivity contribution in [3.05, 3.63) is 0 Å². The number of hydrogen-bond acceptors (Lipinski definition) is 3. The molecule has 100 valence electrons. The topological polar surface area (TPSA) is 18.5 Å². The molecular weight excluding hydrogens is 210 g/mol. The molecule has 0 aromatic heterocycles.